The highest BCUT2D eigenvalue weighted by Gasteiger charge is 2.51. The Hall–Kier alpha value is -4.55. The molecule has 0 aromatic heterocycles. The van der Waals surface area contributed by atoms with E-state index >= 15 is 0 Å². The normalized spacial score (nSPS) is 20.5. The molecule has 12 atom stereocenters. The molecule has 0 bridgehead atoms. The largest absolute Gasteiger partial charge is 0.463 e. The van der Waals surface area contributed by atoms with Crippen molar-refractivity contribution in [3.05, 3.63) is 44.5 Å². The van der Waals surface area contributed by atoms with E-state index in [1.165, 1.54) is 58.1 Å². The molecule has 2 aliphatic rings. The fraction of sp³-hybridized carbons (Fsp3) is 0.795. The second-order valence-electron chi connectivity index (χ2n) is 23.8. The van der Waals surface area contributed by atoms with Gasteiger partial charge in [-0.3, -0.25) is 52.8 Å². The highest BCUT2D eigenvalue weighted by Crippen LogP contribution is 2.42. The molecule has 0 saturated carbocycles. The van der Waals surface area contributed by atoms with Crippen LogP contribution in [0.1, 0.15) is 215 Å². The number of amides is 2. The van der Waals surface area contributed by atoms with E-state index in [4.69, 9.17) is 65.2 Å². The second kappa shape index (κ2) is 63.4. The van der Waals surface area contributed by atoms with Crippen LogP contribution in [0, 0.1) is 13.1 Å². The highest BCUT2D eigenvalue weighted by molar-refractivity contribution is 8.23. The van der Waals surface area contributed by atoms with E-state index in [1.807, 2.05) is 27.7 Å². The van der Waals surface area contributed by atoms with Crippen LogP contribution in [0.25, 0.3) is 9.69 Å². The Morgan fingerprint density at radius 2 is 0.865 bits per heavy atom. The number of unbranched alkanes of at least 4 members (excludes halogenated alkanes) is 6. The Morgan fingerprint density at radius 3 is 1.26 bits per heavy atom. The minimum atomic E-state index is -1.35. The van der Waals surface area contributed by atoms with Crippen LogP contribution < -0.4 is 10.6 Å². The van der Waals surface area contributed by atoms with Crippen molar-refractivity contribution in [1.29, 1.82) is 0 Å². The maximum absolute atomic E-state index is 12.3. The van der Waals surface area contributed by atoms with E-state index < -0.39 is 107 Å². The van der Waals surface area contributed by atoms with Crippen LogP contribution in [0.5, 0.6) is 0 Å². The molecule has 2 amide bonds. The number of hydrogen-bond donors (Lipinski definition) is 5. The van der Waals surface area contributed by atoms with Crippen molar-refractivity contribution < 1.29 is 111 Å². The summed E-state index contributed by atoms with van der Waals surface area (Å²) in [6.07, 6.45) is 0.820. The van der Waals surface area contributed by atoms with Crippen LogP contribution in [0.3, 0.4) is 0 Å². The van der Waals surface area contributed by atoms with E-state index in [9.17, 15) is 58.5 Å². The first-order valence-corrected chi connectivity index (χ1v) is 37.4. The Morgan fingerprint density at radius 1 is 0.481 bits per heavy atom. The predicted molar refractivity (Wildman–Crippen MR) is 411 cm³/mol. The van der Waals surface area contributed by atoms with Gasteiger partial charge in [0.15, 0.2) is 36.4 Å². The van der Waals surface area contributed by atoms with Crippen molar-refractivity contribution in [2.75, 3.05) is 90.8 Å². The first-order chi connectivity index (χ1) is 47.1. The van der Waals surface area contributed by atoms with Crippen LogP contribution in [0.2, 0.25) is 0 Å². The lowest BCUT2D eigenvalue weighted by Crippen LogP contribution is -2.66. The molecule has 604 valence electrons. The molecule has 27 nitrogen and oxygen atoms in total. The number of hydrogen-bond acceptors (Lipinski definition) is 27. The zero-order chi connectivity index (χ0) is 74.2. The maximum Gasteiger partial charge on any atom is 0.303 e. The first-order valence-electron chi connectivity index (χ1n) is 33.8. The number of nitrogens with one attached hydrogen (secondary N) is 2. The van der Waals surface area contributed by atoms with Gasteiger partial charge in [0.25, 0.3) is 9.74 Å². The average Bonchev–Trinajstić information content (AvgIpc) is 0.793. The zero-order valence-electron chi connectivity index (χ0n) is 59.3. The van der Waals surface area contributed by atoms with E-state index in [0.717, 1.165) is 45.7 Å². The summed E-state index contributed by atoms with van der Waals surface area (Å²) in [6, 6.07) is -1.99. The molecule has 0 radical (unpaired) electrons. The van der Waals surface area contributed by atoms with Gasteiger partial charge >= 0.3 is 17.9 Å². The number of esters is 3. The summed E-state index contributed by atoms with van der Waals surface area (Å²) in [5.74, 6) is -0.860. The number of nitrogens with zero attached hydrogens (tertiary/aromatic N) is 2. The highest BCUT2D eigenvalue weighted by atomic mass is 32.2. The number of carbonyl (C=O) groups excluding carboxylic acids is 9. The number of ether oxygens (including phenoxy) is 11. The molecule has 2 rings (SSSR count). The third-order valence-corrected chi connectivity index (χ3v) is 19.2. The van der Waals surface area contributed by atoms with Gasteiger partial charge in [-0.2, -0.15) is 0 Å². The third-order valence-electron chi connectivity index (χ3n) is 14.8. The molecule has 2 saturated heterocycles. The molecule has 2 fully saturated rings. The Kier molecular flexibility index (Phi) is 65.9. The second-order valence-corrected chi connectivity index (χ2v) is 30.2. The number of ketones is 4. The number of aliphatic hydroxyl groups is 3. The molecule has 2 heterocycles. The maximum atomic E-state index is 12.3. The molecule has 0 aliphatic carbocycles. The van der Waals surface area contributed by atoms with Crippen LogP contribution in [-0.4, -0.2) is 230 Å². The van der Waals surface area contributed by atoms with Gasteiger partial charge in [0.1, 0.15) is 67.9 Å². The summed E-state index contributed by atoms with van der Waals surface area (Å²) in [7, 11) is 0. The lowest BCUT2D eigenvalue weighted by molar-refractivity contribution is -0.277. The average molecular weight is 1560 g/mol. The van der Waals surface area contributed by atoms with Crippen molar-refractivity contribution in [2.24, 2.45) is 0 Å². The standard InChI is InChI=1S/C37H58N2O13S2.C31H52N2O10S2.5CH4/c1-9-53-29(6)54-37(7,38-8)18-17-30(44)16-14-19-46-21-22-47-23-31(45)15-12-10-11-13-20-48-36-33(39-25(2)40)35(51-28(5)43)34(50-27(4)42)32(52-36)24-49-26(3)41;1-6-44-23(3)45-31(4,32-5)15-14-24(36)13-11-16-40-18-19-41-21-25(37)12-9-7-8-10-17-42-30-27(33-22(2)35)29(39)28(38)26(20-34)43-30;;;;;/h32-36H,6,9-24H2,1-5,7H3,(H,39,40);26-30,34,38-39H,3,6-21H2,1-2,4H3,(H,33,35);5*1H4/t32-,33-,34+,35-,36-,37?;26-,27-,28+,29-,30-,31?;;;;;/m11...../s1. The van der Waals surface area contributed by atoms with E-state index in [2.05, 4.69) is 33.5 Å². The van der Waals surface area contributed by atoms with Crippen LogP contribution in [-0.2, 0) is 95.3 Å². The summed E-state index contributed by atoms with van der Waals surface area (Å²) in [4.78, 5) is 114. The molecule has 2 aliphatic heterocycles. The SMILES string of the molecule is C.C.C.C.C.[C-]#[N+]C(C)(CCC(=O)CCCOCCOCC(=O)CCCCCCO[C@@H]1O[C@H](CO)[C@H](O)[C@H](O)[C@H]1NC(C)=O)SC(=C)SCC.[C-]#[N+]C(C)(CCC(=O)CCCOCCOCC(=O)CCCCCCO[C@@H]1O[C@H](COC(C)=O)[C@H](OC(C)=O)[C@H](OC(C)=O)[C@H]1NC(C)=O)SC(=C)SCC. The van der Waals surface area contributed by atoms with Gasteiger partial charge in [-0.1, -0.05) is 89.8 Å². The van der Waals surface area contributed by atoms with Crippen molar-refractivity contribution in [2.45, 2.75) is 286 Å². The van der Waals surface area contributed by atoms with Gasteiger partial charge in [-0.05, 0) is 73.6 Å². The Bertz CT molecular complexity index is 2560. The Balaban J connectivity index is -0.000000608. The topological polar surface area (TPSA) is 349 Å². The fourth-order valence-electron chi connectivity index (χ4n) is 9.82. The number of aliphatic hydroxyl groups excluding tert-OH is 3. The predicted octanol–water partition coefficient (Wildman–Crippen LogP) is 11.3. The minimum absolute atomic E-state index is 0. The van der Waals surface area contributed by atoms with Gasteiger partial charge in [0, 0.05) is 135 Å². The van der Waals surface area contributed by atoms with Crippen molar-refractivity contribution in [3.63, 3.8) is 0 Å². The number of carbonyl (C=O) groups is 9. The summed E-state index contributed by atoms with van der Waals surface area (Å²) < 4.78 is 62.7. The van der Waals surface area contributed by atoms with Gasteiger partial charge in [-0.15, -0.1) is 23.5 Å². The smallest absolute Gasteiger partial charge is 0.303 e. The molecule has 0 spiro atoms. The summed E-state index contributed by atoms with van der Waals surface area (Å²) >= 11 is 6.07. The lowest BCUT2D eigenvalue weighted by Gasteiger charge is -2.44. The number of rotatable bonds is 55. The summed E-state index contributed by atoms with van der Waals surface area (Å²) in [6.45, 7) is 38.5. The number of Topliss-reactive ketones (excluding diaryl/α,β-unsaturated/α-hetero) is 4. The fourth-order valence-corrected chi connectivity index (χ4v) is 14.2. The molecular formula is C73H130N4O23S4. The third kappa shape index (κ3) is 50.1. The molecule has 5 N–H and O–H groups in total. The van der Waals surface area contributed by atoms with Crippen LogP contribution in [0.15, 0.2) is 21.6 Å². The quantitative estimate of drug-likeness (QED) is 0.0163. The molecule has 31 heteroatoms. The van der Waals surface area contributed by atoms with Gasteiger partial charge in [0.2, 0.25) is 11.8 Å². The van der Waals surface area contributed by atoms with Crippen molar-refractivity contribution in [1.82, 2.24) is 10.6 Å². The lowest BCUT2D eigenvalue weighted by atomic mass is 9.96. The molecule has 0 aromatic carbocycles. The van der Waals surface area contributed by atoms with Gasteiger partial charge in [0.05, 0.1) is 33.0 Å². The molecule has 2 unspecified atom stereocenters. The van der Waals surface area contributed by atoms with Crippen molar-refractivity contribution in [3.8, 4) is 0 Å². The van der Waals surface area contributed by atoms with E-state index in [-0.39, 0.29) is 99.9 Å². The Labute approximate surface area is 639 Å². The molecule has 104 heavy (non-hydrogen) atoms. The molecule has 0 aromatic rings. The van der Waals surface area contributed by atoms with E-state index in [0.29, 0.717) is 123 Å². The monoisotopic (exact) mass is 1560 g/mol. The minimum Gasteiger partial charge on any atom is -0.463 e. The summed E-state index contributed by atoms with van der Waals surface area (Å²) in [5.41, 5.74) is 0. The van der Waals surface area contributed by atoms with Crippen LogP contribution in [0.4, 0.5) is 0 Å². The van der Waals surface area contributed by atoms with Gasteiger partial charge in [-0.25, -0.2) is 13.1 Å². The molecular weight excluding hydrogens is 1430 g/mol. The van der Waals surface area contributed by atoms with Crippen LogP contribution >= 0.6 is 47.0 Å². The number of thioether (sulfide) groups is 4. The summed E-state index contributed by atoms with van der Waals surface area (Å²) in [5, 5.41) is 34.9. The zero-order valence-corrected chi connectivity index (χ0v) is 62.6. The van der Waals surface area contributed by atoms with E-state index in [1.54, 1.807) is 23.5 Å². The first kappa shape index (κ1) is 108. The van der Waals surface area contributed by atoms with Crippen molar-refractivity contribution >= 4 is 99.9 Å². The van der Waals surface area contributed by atoms with Gasteiger partial charge < -0.3 is 78.1 Å².